The fourth-order valence-electron chi connectivity index (χ4n) is 2.21. The number of nitrogens with one attached hydrogen (secondary N) is 1. The van der Waals surface area contributed by atoms with E-state index in [1.165, 1.54) is 5.56 Å². The van der Waals surface area contributed by atoms with E-state index in [2.05, 4.69) is 43.5 Å². The molecule has 0 aliphatic rings. The zero-order chi connectivity index (χ0) is 12.7. The molecule has 0 aliphatic carbocycles. The molecule has 0 aromatic heterocycles. The predicted octanol–water partition coefficient (Wildman–Crippen LogP) is 2.12. The lowest BCUT2D eigenvalue weighted by molar-refractivity contribution is 0.0308. The van der Waals surface area contributed by atoms with Crippen LogP contribution in [-0.4, -0.2) is 19.3 Å². The monoisotopic (exact) mass is 236 g/mol. The Bertz CT molecular complexity index is 300. The fraction of sp³-hybridized carbons (Fsp3) is 0.571. The van der Waals surface area contributed by atoms with Gasteiger partial charge in [-0.05, 0) is 24.3 Å². The number of ether oxygens (including phenoxy) is 1. The van der Waals surface area contributed by atoms with Gasteiger partial charge in [-0.25, -0.2) is 0 Å². The third-order valence-corrected chi connectivity index (χ3v) is 3.13. The minimum absolute atomic E-state index is 0.156. The molecule has 1 aromatic rings. The fourth-order valence-corrected chi connectivity index (χ4v) is 2.21. The maximum absolute atomic E-state index is 5.62. The number of aryl methyl sites for hydroxylation is 1. The average Bonchev–Trinajstić information content (AvgIpc) is 2.35. The number of hydrogen-bond acceptors (Lipinski definition) is 3. The summed E-state index contributed by atoms with van der Waals surface area (Å²) in [5.74, 6) is 6.08. The van der Waals surface area contributed by atoms with Crippen molar-refractivity contribution in [2.24, 2.45) is 11.8 Å². The van der Waals surface area contributed by atoms with Gasteiger partial charge in [-0.15, -0.1) is 0 Å². The van der Waals surface area contributed by atoms with Gasteiger partial charge < -0.3 is 4.74 Å². The molecule has 3 nitrogen and oxygen atoms in total. The minimum atomic E-state index is 0.156. The highest BCUT2D eigenvalue weighted by molar-refractivity contribution is 5.14. The highest BCUT2D eigenvalue weighted by Crippen LogP contribution is 2.15. The first kappa shape index (κ1) is 14.2. The van der Waals surface area contributed by atoms with E-state index in [-0.39, 0.29) is 12.1 Å². The molecule has 3 N–H and O–H groups in total. The summed E-state index contributed by atoms with van der Waals surface area (Å²) in [5, 5.41) is 0. The Kier molecular flexibility index (Phi) is 6.19. The second kappa shape index (κ2) is 7.43. The van der Waals surface area contributed by atoms with Gasteiger partial charge in [-0.1, -0.05) is 44.2 Å². The number of nitrogens with two attached hydrogens (primary N) is 1. The van der Waals surface area contributed by atoms with E-state index in [0.29, 0.717) is 5.92 Å². The van der Waals surface area contributed by atoms with E-state index >= 15 is 0 Å². The summed E-state index contributed by atoms with van der Waals surface area (Å²) in [6.07, 6.45) is 2.16. The summed E-state index contributed by atoms with van der Waals surface area (Å²) < 4.78 is 5.51. The second-order valence-electron chi connectivity index (χ2n) is 4.74. The summed E-state index contributed by atoms with van der Waals surface area (Å²) in [6, 6.07) is 10.6. The van der Waals surface area contributed by atoms with Crippen LogP contribution >= 0.6 is 0 Å². The molecular formula is C14H24N2O. The molecule has 17 heavy (non-hydrogen) atoms. The molecule has 3 heteroatoms. The van der Waals surface area contributed by atoms with E-state index in [4.69, 9.17) is 10.6 Å². The van der Waals surface area contributed by atoms with Crippen LogP contribution in [0.4, 0.5) is 0 Å². The molecular weight excluding hydrogens is 212 g/mol. The number of benzene rings is 1. The Labute approximate surface area is 104 Å². The van der Waals surface area contributed by atoms with Crippen LogP contribution in [0.3, 0.4) is 0 Å². The van der Waals surface area contributed by atoms with Gasteiger partial charge in [0.2, 0.25) is 0 Å². The lowest BCUT2D eigenvalue weighted by Gasteiger charge is -2.28. The van der Waals surface area contributed by atoms with Gasteiger partial charge in [-0.2, -0.15) is 0 Å². The molecule has 0 fully saturated rings. The molecule has 2 unspecified atom stereocenters. The number of rotatable bonds is 7. The summed E-state index contributed by atoms with van der Waals surface area (Å²) in [6.45, 7) is 4.31. The van der Waals surface area contributed by atoms with Crippen LogP contribution in [0.1, 0.15) is 25.8 Å². The maximum atomic E-state index is 5.62. The quantitative estimate of drug-likeness (QED) is 0.563. The van der Waals surface area contributed by atoms with Crippen molar-refractivity contribution in [2.45, 2.75) is 38.8 Å². The number of hydrazine groups is 1. The number of hydrogen-bond donors (Lipinski definition) is 2. The van der Waals surface area contributed by atoms with E-state index in [1.807, 2.05) is 6.07 Å². The van der Waals surface area contributed by atoms with Crippen molar-refractivity contribution in [3.63, 3.8) is 0 Å². The Balaban J connectivity index is 2.52. The van der Waals surface area contributed by atoms with Crippen molar-refractivity contribution in [1.82, 2.24) is 5.43 Å². The Morgan fingerprint density at radius 3 is 2.35 bits per heavy atom. The zero-order valence-electron chi connectivity index (χ0n) is 11.0. The lowest BCUT2D eigenvalue weighted by Crippen LogP contribution is -2.47. The molecule has 96 valence electrons. The molecule has 0 bridgehead atoms. The Morgan fingerprint density at radius 2 is 1.88 bits per heavy atom. The summed E-state index contributed by atoms with van der Waals surface area (Å²) in [7, 11) is 1.75. The predicted molar refractivity (Wildman–Crippen MR) is 71.5 cm³/mol. The van der Waals surface area contributed by atoms with Crippen LogP contribution in [0.2, 0.25) is 0 Å². The first-order chi connectivity index (χ1) is 8.19. The average molecular weight is 236 g/mol. The minimum Gasteiger partial charge on any atom is -0.380 e. The standard InChI is InChI=1S/C14H24N2O/c1-11(2)14(17-3)13(16-15)10-9-12-7-5-4-6-8-12/h4-8,11,13-14,16H,9-10,15H2,1-3H3. The van der Waals surface area contributed by atoms with Crippen molar-refractivity contribution in [3.8, 4) is 0 Å². The van der Waals surface area contributed by atoms with Gasteiger partial charge >= 0.3 is 0 Å². The highest BCUT2D eigenvalue weighted by Gasteiger charge is 2.22. The molecule has 2 atom stereocenters. The molecule has 0 spiro atoms. The molecule has 0 saturated carbocycles. The SMILES string of the molecule is COC(C(C)C)C(CCc1ccccc1)NN. The van der Waals surface area contributed by atoms with Crippen molar-refractivity contribution in [1.29, 1.82) is 0 Å². The first-order valence-electron chi connectivity index (χ1n) is 6.22. The smallest absolute Gasteiger partial charge is 0.0760 e. The largest absolute Gasteiger partial charge is 0.380 e. The highest BCUT2D eigenvalue weighted by atomic mass is 16.5. The Hall–Kier alpha value is -0.900. The maximum Gasteiger partial charge on any atom is 0.0760 e. The zero-order valence-corrected chi connectivity index (χ0v) is 11.0. The summed E-state index contributed by atoms with van der Waals surface area (Å²) >= 11 is 0. The number of methoxy groups -OCH3 is 1. The first-order valence-corrected chi connectivity index (χ1v) is 6.22. The van der Waals surface area contributed by atoms with Gasteiger partial charge in [-0.3, -0.25) is 11.3 Å². The van der Waals surface area contributed by atoms with Crippen molar-refractivity contribution in [2.75, 3.05) is 7.11 Å². The Morgan fingerprint density at radius 1 is 1.24 bits per heavy atom. The van der Waals surface area contributed by atoms with Crippen LogP contribution in [0.15, 0.2) is 30.3 Å². The van der Waals surface area contributed by atoms with Crippen LogP contribution < -0.4 is 11.3 Å². The van der Waals surface area contributed by atoms with Gasteiger partial charge in [0.15, 0.2) is 0 Å². The van der Waals surface area contributed by atoms with Gasteiger partial charge in [0, 0.05) is 13.2 Å². The lowest BCUT2D eigenvalue weighted by atomic mass is 9.94. The summed E-state index contributed by atoms with van der Waals surface area (Å²) in [5.41, 5.74) is 4.22. The van der Waals surface area contributed by atoms with Gasteiger partial charge in [0.25, 0.3) is 0 Å². The molecule has 0 amide bonds. The van der Waals surface area contributed by atoms with E-state index in [0.717, 1.165) is 12.8 Å². The molecule has 1 aromatic carbocycles. The molecule has 0 aliphatic heterocycles. The van der Waals surface area contributed by atoms with Gasteiger partial charge in [0.1, 0.15) is 0 Å². The third kappa shape index (κ3) is 4.46. The van der Waals surface area contributed by atoms with Crippen molar-refractivity contribution >= 4 is 0 Å². The van der Waals surface area contributed by atoms with E-state index in [9.17, 15) is 0 Å². The topological polar surface area (TPSA) is 47.3 Å². The van der Waals surface area contributed by atoms with Crippen molar-refractivity contribution in [3.05, 3.63) is 35.9 Å². The normalized spacial score (nSPS) is 14.9. The van der Waals surface area contributed by atoms with Gasteiger partial charge in [0.05, 0.1) is 6.10 Å². The molecule has 0 heterocycles. The molecule has 0 radical (unpaired) electrons. The summed E-state index contributed by atoms with van der Waals surface area (Å²) in [4.78, 5) is 0. The van der Waals surface area contributed by atoms with Crippen LogP contribution in [0, 0.1) is 5.92 Å². The molecule has 0 saturated heterocycles. The van der Waals surface area contributed by atoms with Crippen molar-refractivity contribution < 1.29 is 4.74 Å². The third-order valence-electron chi connectivity index (χ3n) is 3.13. The van der Waals surface area contributed by atoms with E-state index in [1.54, 1.807) is 7.11 Å². The van der Waals surface area contributed by atoms with Crippen LogP contribution in [0.25, 0.3) is 0 Å². The second-order valence-corrected chi connectivity index (χ2v) is 4.74. The van der Waals surface area contributed by atoms with Crippen LogP contribution in [0.5, 0.6) is 0 Å². The van der Waals surface area contributed by atoms with E-state index < -0.39 is 0 Å². The van der Waals surface area contributed by atoms with Crippen LogP contribution in [-0.2, 0) is 11.2 Å². The molecule has 1 rings (SSSR count).